The third-order valence-electron chi connectivity index (χ3n) is 3.82. The maximum atomic E-state index is 12.2. The second-order valence-corrected chi connectivity index (χ2v) is 6.07. The number of para-hydroxylation sites is 1. The molecule has 2 aromatic rings. The summed E-state index contributed by atoms with van der Waals surface area (Å²) in [5.74, 6) is 1.51. The maximum Gasteiger partial charge on any atom is 0.170 e. The van der Waals surface area contributed by atoms with E-state index < -0.39 is 0 Å². The van der Waals surface area contributed by atoms with Crippen LogP contribution in [0, 0.1) is 5.92 Å². The zero-order valence-corrected chi connectivity index (χ0v) is 12.5. The van der Waals surface area contributed by atoms with Crippen molar-refractivity contribution in [2.45, 2.75) is 32.8 Å². The van der Waals surface area contributed by atoms with Crippen molar-refractivity contribution >= 4 is 5.78 Å². The summed E-state index contributed by atoms with van der Waals surface area (Å²) in [5.41, 5.74) is 3.10. The lowest BCUT2D eigenvalue weighted by molar-refractivity contribution is 0.0850. The topological polar surface area (TPSA) is 26.3 Å². The fourth-order valence-corrected chi connectivity index (χ4v) is 2.80. The zero-order chi connectivity index (χ0) is 14.8. The minimum absolute atomic E-state index is 0.160. The number of rotatable bonds is 3. The van der Waals surface area contributed by atoms with Gasteiger partial charge in [-0.3, -0.25) is 4.79 Å². The van der Waals surface area contributed by atoms with Gasteiger partial charge in [0.25, 0.3) is 0 Å². The van der Waals surface area contributed by atoms with E-state index >= 15 is 0 Å². The van der Waals surface area contributed by atoms with Crippen LogP contribution in [-0.2, 0) is 6.42 Å². The molecule has 0 bridgehead atoms. The SMILES string of the molecule is CC(C)Cc1ccc(C2CC(=O)c3ccccc3O2)cc1. The largest absolute Gasteiger partial charge is 0.484 e. The highest BCUT2D eigenvalue weighted by atomic mass is 16.5. The Labute approximate surface area is 125 Å². The summed E-state index contributed by atoms with van der Waals surface area (Å²) in [6.45, 7) is 4.43. The van der Waals surface area contributed by atoms with Gasteiger partial charge >= 0.3 is 0 Å². The average Bonchev–Trinajstić information content (AvgIpc) is 2.47. The van der Waals surface area contributed by atoms with E-state index in [-0.39, 0.29) is 11.9 Å². The summed E-state index contributed by atoms with van der Waals surface area (Å²) < 4.78 is 5.99. The Morgan fingerprint density at radius 3 is 2.52 bits per heavy atom. The molecule has 0 aliphatic carbocycles. The highest BCUT2D eigenvalue weighted by Crippen LogP contribution is 2.34. The molecule has 0 fully saturated rings. The molecule has 108 valence electrons. The second kappa shape index (κ2) is 5.72. The van der Waals surface area contributed by atoms with Crippen molar-refractivity contribution < 1.29 is 9.53 Å². The highest BCUT2D eigenvalue weighted by molar-refractivity contribution is 5.99. The van der Waals surface area contributed by atoms with Crippen LogP contribution < -0.4 is 4.74 Å². The van der Waals surface area contributed by atoms with E-state index in [0.29, 0.717) is 23.7 Å². The zero-order valence-electron chi connectivity index (χ0n) is 12.5. The van der Waals surface area contributed by atoms with E-state index in [1.807, 2.05) is 24.3 Å². The first-order valence-electron chi connectivity index (χ1n) is 7.51. The van der Waals surface area contributed by atoms with Crippen molar-refractivity contribution in [2.75, 3.05) is 0 Å². The number of hydrogen-bond acceptors (Lipinski definition) is 2. The molecule has 1 aliphatic rings. The Morgan fingerprint density at radius 2 is 1.81 bits per heavy atom. The average molecular weight is 280 g/mol. The number of benzene rings is 2. The lowest BCUT2D eigenvalue weighted by atomic mass is 9.94. The van der Waals surface area contributed by atoms with Crippen molar-refractivity contribution in [3.8, 4) is 5.75 Å². The Hall–Kier alpha value is -2.09. The van der Waals surface area contributed by atoms with Crippen molar-refractivity contribution in [3.05, 3.63) is 65.2 Å². The standard InChI is InChI=1S/C19H20O2/c1-13(2)11-14-7-9-15(10-8-14)19-12-17(20)16-5-3-4-6-18(16)21-19/h3-10,13,19H,11-12H2,1-2H3. The maximum absolute atomic E-state index is 12.2. The molecular formula is C19H20O2. The number of ether oxygens (including phenoxy) is 1. The van der Waals surface area contributed by atoms with Crippen molar-refractivity contribution in [1.29, 1.82) is 0 Å². The first-order valence-corrected chi connectivity index (χ1v) is 7.51. The molecule has 3 rings (SSSR count). The summed E-state index contributed by atoms with van der Waals surface area (Å²) in [6, 6.07) is 15.9. The van der Waals surface area contributed by atoms with Crippen molar-refractivity contribution in [1.82, 2.24) is 0 Å². The first kappa shape index (κ1) is 13.9. The number of carbonyl (C=O) groups excluding carboxylic acids is 1. The van der Waals surface area contributed by atoms with Crippen LogP contribution in [0.25, 0.3) is 0 Å². The molecule has 0 amide bonds. The Morgan fingerprint density at radius 1 is 1.10 bits per heavy atom. The number of fused-ring (bicyclic) bond motifs is 1. The monoisotopic (exact) mass is 280 g/mol. The van der Waals surface area contributed by atoms with Gasteiger partial charge in [-0.1, -0.05) is 50.2 Å². The van der Waals surface area contributed by atoms with E-state index in [1.165, 1.54) is 5.56 Å². The van der Waals surface area contributed by atoms with Gasteiger partial charge in [0, 0.05) is 0 Å². The van der Waals surface area contributed by atoms with Gasteiger partial charge in [-0.2, -0.15) is 0 Å². The minimum atomic E-state index is -0.166. The molecule has 0 saturated carbocycles. The number of ketones is 1. The molecule has 0 saturated heterocycles. The van der Waals surface area contributed by atoms with Gasteiger partial charge in [0.1, 0.15) is 11.9 Å². The summed E-state index contributed by atoms with van der Waals surface area (Å²) in [4.78, 5) is 12.2. The lowest BCUT2D eigenvalue weighted by Crippen LogP contribution is -2.20. The van der Waals surface area contributed by atoms with Crippen molar-refractivity contribution in [3.63, 3.8) is 0 Å². The van der Waals surface area contributed by atoms with E-state index in [2.05, 4.69) is 38.1 Å². The van der Waals surface area contributed by atoms with Crippen molar-refractivity contribution in [2.24, 2.45) is 5.92 Å². The third kappa shape index (κ3) is 2.99. The van der Waals surface area contributed by atoms with E-state index in [9.17, 15) is 4.79 Å². The molecule has 21 heavy (non-hydrogen) atoms. The van der Waals surface area contributed by atoms with E-state index in [4.69, 9.17) is 4.74 Å². The fraction of sp³-hybridized carbons (Fsp3) is 0.316. The van der Waals surface area contributed by atoms with Crippen LogP contribution in [0.5, 0.6) is 5.75 Å². The summed E-state index contributed by atoms with van der Waals surface area (Å²) in [6.07, 6.45) is 1.33. The summed E-state index contributed by atoms with van der Waals surface area (Å²) in [7, 11) is 0. The van der Waals surface area contributed by atoms with Crippen LogP contribution in [-0.4, -0.2) is 5.78 Å². The predicted molar refractivity (Wildman–Crippen MR) is 83.7 cm³/mol. The van der Waals surface area contributed by atoms with Crippen LogP contribution in [0.2, 0.25) is 0 Å². The molecule has 2 nitrogen and oxygen atoms in total. The molecule has 0 radical (unpaired) electrons. The van der Waals surface area contributed by atoms with Gasteiger partial charge in [-0.25, -0.2) is 0 Å². The van der Waals surface area contributed by atoms with E-state index in [1.54, 1.807) is 0 Å². The first-order chi connectivity index (χ1) is 10.1. The fourth-order valence-electron chi connectivity index (χ4n) is 2.80. The van der Waals surface area contributed by atoms with Crippen LogP contribution in [0.15, 0.2) is 48.5 Å². The van der Waals surface area contributed by atoms with E-state index in [0.717, 1.165) is 12.0 Å². The molecule has 0 spiro atoms. The van der Waals surface area contributed by atoms with Gasteiger partial charge < -0.3 is 4.74 Å². The minimum Gasteiger partial charge on any atom is -0.484 e. The molecule has 1 aliphatic heterocycles. The van der Waals surface area contributed by atoms with Gasteiger partial charge in [-0.05, 0) is 35.6 Å². The van der Waals surface area contributed by atoms with Gasteiger partial charge in [0.2, 0.25) is 0 Å². The number of carbonyl (C=O) groups is 1. The number of Topliss-reactive ketones (excluding diaryl/α,β-unsaturated/α-hetero) is 1. The normalized spacial score (nSPS) is 17.5. The predicted octanol–water partition coefficient (Wildman–Crippen LogP) is 4.59. The molecule has 1 unspecified atom stereocenters. The Balaban J connectivity index is 1.81. The molecular weight excluding hydrogens is 260 g/mol. The van der Waals surface area contributed by atoms with Crippen LogP contribution in [0.3, 0.4) is 0 Å². The summed E-state index contributed by atoms with van der Waals surface area (Å²) in [5, 5.41) is 0. The van der Waals surface area contributed by atoms with Crippen LogP contribution >= 0.6 is 0 Å². The quantitative estimate of drug-likeness (QED) is 0.822. The smallest absolute Gasteiger partial charge is 0.170 e. The summed E-state index contributed by atoms with van der Waals surface area (Å²) >= 11 is 0. The molecule has 2 aromatic carbocycles. The van der Waals surface area contributed by atoms with Gasteiger partial charge in [0.15, 0.2) is 5.78 Å². The highest BCUT2D eigenvalue weighted by Gasteiger charge is 2.27. The molecule has 0 N–H and O–H groups in total. The van der Waals surface area contributed by atoms with Crippen LogP contribution in [0.1, 0.15) is 47.9 Å². The Bertz CT molecular complexity index is 641. The van der Waals surface area contributed by atoms with Gasteiger partial charge in [0.05, 0.1) is 12.0 Å². The second-order valence-electron chi connectivity index (χ2n) is 6.07. The lowest BCUT2D eigenvalue weighted by Gasteiger charge is -2.25. The Kier molecular flexibility index (Phi) is 3.78. The molecule has 1 atom stereocenters. The molecule has 0 aromatic heterocycles. The number of hydrogen-bond donors (Lipinski definition) is 0. The van der Waals surface area contributed by atoms with Gasteiger partial charge in [-0.15, -0.1) is 0 Å². The van der Waals surface area contributed by atoms with Crippen LogP contribution in [0.4, 0.5) is 0 Å². The molecule has 2 heteroatoms. The molecule has 1 heterocycles. The third-order valence-corrected chi connectivity index (χ3v) is 3.82.